The minimum absolute atomic E-state index is 0.132. The summed E-state index contributed by atoms with van der Waals surface area (Å²) >= 11 is 1.66. The molecule has 0 aliphatic carbocycles. The van der Waals surface area contributed by atoms with E-state index < -0.39 is 65.5 Å². The Hall–Kier alpha value is -1.65. The summed E-state index contributed by atoms with van der Waals surface area (Å²) in [7, 11) is 0. The zero-order chi connectivity index (χ0) is 27.8. The summed E-state index contributed by atoms with van der Waals surface area (Å²) in [5.41, 5.74) is -1.42. The highest BCUT2D eigenvalue weighted by Crippen LogP contribution is 2.31. The van der Waals surface area contributed by atoms with E-state index in [1.807, 2.05) is 23.6 Å². The molecule has 2 aliphatic heterocycles. The molecule has 9 heteroatoms. The molecule has 1 fully saturated rings. The Balaban J connectivity index is 2.09. The molecule has 2 rings (SSSR count). The number of ether oxygens (including phenoxy) is 4. The Labute approximate surface area is 225 Å². The second-order valence-electron chi connectivity index (χ2n) is 11.4. The van der Waals surface area contributed by atoms with E-state index in [2.05, 4.69) is 6.92 Å². The SMILES string of the molecule is CCS/C=C/C[C@H]1O[C@H]2CC=C[C@H](/C=C/[C@@H](COC(=O)C(C)(C)C)OC(=O)C(C)(C)C)O[C@@H]2[C@@H](O)[C@@H]1O. The van der Waals surface area contributed by atoms with E-state index in [-0.39, 0.29) is 6.61 Å². The largest absolute Gasteiger partial charge is 0.461 e. The zero-order valence-corrected chi connectivity index (χ0v) is 23.9. The molecule has 0 spiro atoms. The fraction of sp³-hybridized carbons (Fsp3) is 0.714. The second-order valence-corrected chi connectivity index (χ2v) is 12.6. The van der Waals surface area contributed by atoms with Crippen molar-refractivity contribution in [3.63, 3.8) is 0 Å². The van der Waals surface area contributed by atoms with E-state index in [0.717, 1.165) is 5.75 Å². The maximum absolute atomic E-state index is 12.5. The summed E-state index contributed by atoms with van der Waals surface area (Å²) in [5, 5.41) is 23.5. The number of carbonyl (C=O) groups is 2. The maximum atomic E-state index is 12.5. The number of carbonyl (C=O) groups excluding carboxylic acids is 2. The molecule has 0 aromatic rings. The summed E-state index contributed by atoms with van der Waals surface area (Å²) in [4.78, 5) is 24.8. The van der Waals surface area contributed by atoms with Crippen molar-refractivity contribution in [1.82, 2.24) is 0 Å². The predicted molar refractivity (Wildman–Crippen MR) is 144 cm³/mol. The van der Waals surface area contributed by atoms with Crippen LogP contribution in [0.1, 0.15) is 61.3 Å². The van der Waals surface area contributed by atoms with Crippen LogP contribution >= 0.6 is 11.8 Å². The van der Waals surface area contributed by atoms with Crippen LogP contribution < -0.4 is 0 Å². The Morgan fingerprint density at radius 2 is 1.76 bits per heavy atom. The summed E-state index contributed by atoms with van der Waals surface area (Å²) in [6, 6.07) is 0. The molecule has 1 saturated heterocycles. The minimum Gasteiger partial charge on any atom is -0.461 e. The van der Waals surface area contributed by atoms with Crippen LogP contribution in [0.5, 0.6) is 0 Å². The van der Waals surface area contributed by atoms with Crippen molar-refractivity contribution in [1.29, 1.82) is 0 Å². The van der Waals surface area contributed by atoms with Gasteiger partial charge in [0.1, 0.15) is 24.9 Å². The fourth-order valence-corrected chi connectivity index (χ4v) is 4.10. The van der Waals surface area contributed by atoms with E-state index in [9.17, 15) is 19.8 Å². The number of aliphatic hydroxyl groups excluding tert-OH is 2. The van der Waals surface area contributed by atoms with Gasteiger partial charge in [-0.15, -0.1) is 11.8 Å². The van der Waals surface area contributed by atoms with Gasteiger partial charge in [0.2, 0.25) is 0 Å². The molecule has 210 valence electrons. The van der Waals surface area contributed by atoms with Crippen LogP contribution in [0.2, 0.25) is 0 Å². The Morgan fingerprint density at radius 1 is 1.08 bits per heavy atom. The smallest absolute Gasteiger partial charge is 0.311 e. The lowest BCUT2D eigenvalue weighted by atomic mass is 9.92. The van der Waals surface area contributed by atoms with Crippen molar-refractivity contribution in [2.45, 2.75) is 104 Å². The number of thioether (sulfide) groups is 1. The first-order chi connectivity index (χ1) is 17.2. The molecule has 0 radical (unpaired) electrons. The van der Waals surface area contributed by atoms with Gasteiger partial charge >= 0.3 is 11.9 Å². The number of esters is 2. The molecule has 2 heterocycles. The van der Waals surface area contributed by atoms with Crippen molar-refractivity contribution in [3.05, 3.63) is 35.8 Å². The number of rotatable bonds is 9. The van der Waals surface area contributed by atoms with Crippen LogP contribution in [0, 0.1) is 10.8 Å². The lowest BCUT2D eigenvalue weighted by Gasteiger charge is -2.42. The molecule has 2 N–H and O–H groups in total. The summed E-state index contributed by atoms with van der Waals surface area (Å²) < 4.78 is 23.2. The monoisotopic (exact) mass is 540 g/mol. The normalized spacial score (nSPS) is 29.6. The average molecular weight is 541 g/mol. The molecular weight excluding hydrogens is 496 g/mol. The lowest BCUT2D eigenvalue weighted by molar-refractivity contribution is -0.234. The molecule has 0 saturated carbocycles. The third-order valence-corrected chi connectivity index (χ3v) is 6.61. The first-order valence-corrected chi connectivity index (χ1v) is 14.0. The molecule has 7 atom stereocenters. The first kappa shape index (κ1) is 31.6. The van der Waals surface area contributed by atoms with E-state index in [1.165, 1.54) is 0 Å². The van der Waals surface area contributed by atoms with Gasteiger partial charge in [-0.05, 0) is 71.6 Å². The lowest BCUT2D eigenvalue weighted by Crippen LogP contribution is -2.58. The summed E-state index contributed by atoms with van der Waals surface area (Å²) in [5.74, 6) is 0.129. The standard InChI is InChI=1S/C28H44O8S/c1-8-37-16-10-13-20-22(29)23(30)24-21(36-20)12-9-11-18(34-24)14-15-19(35-26(32)28(5,6)7)17-33-25(31)27(2,3)4/h9-11,14-16,18-24,29-30H,8,12-13,17H2,1-7H3/b15-14+,16-10+/t18-,19+,20-,21+,22-,23+,24+/m1/s1. The number of fused-ring (bicyclic) bond motifs is 1. The molecule has 0 aromatic carbocycles. The van der Waals surface area contributed by atoms with Crippen LogP contribution in [0.3, 0.4) is 0 Å². The van der Waals surface area contributed by atoms with Gasteiger partial charge in [-0.1, -0.05) is 31.2 Å². The van der Waals surface area contributed by atoms with Gasteiger partial charge in [-0.2, -0.15) is 0 Å². The van der Waals surface area contributed by atoms with Crippen molar-refractivity contribution < 1.29 is 38.7 Å². The van der Waals surface area contributed by atoms with Crippen molar-refractivity contribution in [3.8, 4) is 0 Å². The third kappa shape index (κ3) is 9.87. The van der Waals surface area contributed by atoms with Gasteiger partial charge in [0.15, 0.2) is 6.10 Å². The predicted octanol–water partition coefficient (Wildman–Crippen LogP) is 3.95. The van der Waals surface area contributed by atoms with Crippen LogP contribution in [0.4, 0.5) is 0 Å². The molecule has 0 aromatic heterocycles. The van der Waals surface area contributed by atoms with Gasteiger partial charge in [0, 0.05) is 0 Å². The first-order valence-electron chi connectivity index (χ1n) is 12.9. The highest BCUT2D eigenvalue weighted by molar-refractivity contribution is 8.02. The molecule has 8 nitrogen and oxygen atoms in total. The summed E-state index contributed by atoms with van der Waals surface area (Å²) in [6.07, 6.45) is 4.78. The van der Waals surface area contributed by atoms with Gasteiger partial charge in [-0.25, -0.2) is 0 Å². The quantitative estimate of drug-likeness (QED) is 0.332. The maximum Gasteiger partial charge on any atom is 0.311 e. The number of aliphatic hydroxyl groups is 2. The van der Waals surface area contributed by atoms with Gasteiger partial charge in [0.05, 0.1) is 29.1 Å². The molecular formula is C28H44O8S. The van der Waals surface area contributed by atoms with Crippen LogP contribution in [-0.2, 0) is 28.5 Å². The van der Waals surface area contributed by atoms with Crippen LogP contribution in [0.25, 0.3) is 0 Å². The number of hydrogen-bond acceptors (Lipinski definition) is 9. The average Bonchev–Trinajstić information content (AvgIpc) is 3.02. The molecule has 2 aliphatic rings. The van der Waals surface area contributed by atoms with Gasteiger partial charge < -0.3 is 29.2 Å². The van der Waals surface area contributed by atoms with Gasteiger partial charge in [0.25, 0.3) is 0 Å². The van der Waals surface area contributed by atoms with Gasteiger partial charge in [-0.3, -0.25) is 9.59 Å². The van der Waals surface area contributed by atoms with Crippen LogP contribution in [0.15, 0.2) is 35.8 Å². The minimum atomic E-state index is -1.12. The highest BCUT2D eigenvalue weighted by Gasteiger charge is 2.45. The van der Waals surface area contributed by atoms with Crippen molar-refractivity contribution in [2.75, 3.05) is 12.4 Å². The third-order valence-electron chi connectivity index (χ3n) is 5.90. The Kier molecular flexibility index (Phi) is 11.9. The van der Waals surface area contributed by atoms with Crippen molar-refractivity contribution in [2.24, 2.45) is 10.8 Å². The van der Waals surface area contributed by atoms with Crippen molar-refractivity contribution >= 4 is 23.7 Å². The number of hydrogen-bond donors (Lipinski definition) is 2. The Bertz CT molecular complexity index is 838. The molecule has 0 amide bonds. The fourth-order valence-electron chi connectivity index (χ4n) is 3.66. The second kappa shape index (κ2) is 13.9. The highest BCUT2D eigenvalue weighted by atomic mass is 32.2. The summed E-state index contributed by atoms with van der Waals surface area (Å²) in [6.45, 7) is 12.4. The molecule has 0 bridgehead atoms. The Morgan fingerprint density at radius 3 is 2.38 bits per heavy atom. The van der Waals surface area contributed by atoms with E-state index >= 15 is 0 Å². The van der Waals surface area contributed by atoms with E-state index in [4.69, 9.17) is 18.9 Å². The molecule has 0 unspecified atom stereocenters. The van der Waals surface area contributed by atoms with E-state index in [1.54, 1.807) is 65.5 Å². The zero-order valence-electron chi connectivity index (χ0n) is 23.1. The van der Waals surface area contributed by atoms with Crippen LogP contribution in [-0.4, -0.2) is 77.2 Å². The van der Waals surface area contributed by atoms with E-state index in [0.29, 0.717) is 12.8 Å². The molecule has 37 heavy (non-hydrogen) atoms. The topological polar surface area (TPSA) is 112 Å².